The second-order valence-electron chi connectivity index (χ2n) is 3.83. The van der Waals surface area contributed by atoms with Crippen LogP contribution in [-0.4, -0.2) is 5.11 Å². The van der Waals surface area contributed by atoms with Crippen LogP contribution in [0.25, 0.3) is 0 Å². The fourth-order valence-electron chi connectivity index (χ4n) is 1.46. The highest BCUT2D eigenvalue weighted by Gasteiger charge is 2.07. The Kier molecular flexibility index (Phi) is 5.21. The van der Waals surface area contributed by atoms with Crippen molar-refractivity contribution >= 4 is 67.8 Å². The third-order valence-electron chi connectivity index (χ3n) is 2.36. The number of rotatable bonds is 2. The molecule has 0 aromatic heterocycles. The maximum atomic E-state index is 13.7. The highest BCUT2D eigenvalue weighted by molar-refractivity contribution is 9.10. The Balaban J connectivity index is 2.11. The summed E-state index contributed by atoms with van der Waals surface area (Å²) >= 11 is 20.2. The second-order valence-corrected chi connectivity index (χ2v) is 6.00. The van der Waals surface area contributed by atoms with Gasteiger partial charge in [0.25, 0.3) is 0 Å². The number of anilines is 2. The Morgan fingerprint density at radius 1 is 1.05 bits per heavy atom. The molecule has 0 aliphatic heterocycles. The quantitative estimate of drug-likeness (QED) is 0.639. The van der Waals surface area contributed by atoms with Gasteiger partial charge in [-0.2, -0.15) is 0 Å². The van der Waals surface area contributed by atoms with Crippen LogP contribution in [0.2, 0.25) is 10.0 Å². The van der Waals surface area contributed by atoms with Gasteiger partial charge >= 0.3 is 0 Å². The Morgan fingerprint density at radius 2 is 1.75 bits per heavy atom. The standard InChI is InChI=1S/C13H8BrCl2FN2S/c14-7-1-4-11(10(17)5-7)18-13(20)19-12-6-8(15)2-3-9(12)16/h1-6H,(H2,18,19,20). The van der Waals surface area contributed by atoms with Gasteiger partial charge < -0.3 is 10.6 Å². The lowest BCUT2D eigenvalue weighted by atomic mass is 10.3. The van der Waals surface area contributed by atoms with E-state index >= 15 is 0 Å². The number of halogens is 4. The number of nitrogens with one attached hydrogen (secondary N) is 2. The first-order chi connectivity index (χ1) is 9.45. The monoisotopic (exact) mass is 392 g/mol. The van der Waals surface area contributed by atoms with E-state index in [2.05, 4.69) is 26.6 Å². The zero-order valence-electron chi connectivity index (χ0n) is 9.88. The van der Waals surface area contributed by atoms with Gasteiger partial charge in [-0.15, -0.1) is 0 Å². The van der Waals surface area contributed by atoms with Crippen molar-refractivity contribution in [3.8, 4) is 0 Å². The minimum absolute atomic E-state index is 0.218. The molecule has 0 saturated carbocycles. The van der Waals surface area contributed by atoms with Gasteiger partial charge in [0, 0.05) is 9.50 Å². The lowest BCUT2D eigenvalue weighted by Crippen LogP contribution is -2.20. The summed E-state index contributed by atoms with van der Waals surface area (Å²) in [5, 5.41) is 6.83. The summed E-state index contributed by atoms with van der Waals surface area (Å²) in [4.78, 5) is 0. The minimum atomic E-state index is -0.416. The van der Waals surface area contributed by atoms with E-state index in [1.807, 2.05) is 0 Å². The van der Waals surface area contributed by atoms with Crippen molar-refractivity contribution in [2.75, 3.05) is 10.6 Å². The third kappa shape index (κ3) is 4.06. The summed E-state index contributed by atoms with van der Waals surface area (Å²) in [6.07, 6.45) is 0. The molecule has 0 spiro atoms. The minimum Gasteiger partial charge on any atom is -0.331 e. The summed E-state index contributed by atoms with van der Waals surface area (Å²) in [7, 11) is 0. The molecule has 7 heteroatoms. The summed E-state index contributed by atoms with van der Waals surface area (Å²) in [5.74, 6) is -0.416. The highest BCUT2D eigenvalue weighted by atomic mass is 79.9. The molecule has 0 heterocycles. The molecule has 2 nitrogen and oxygen atoms in total. The normalized spacial score (nSPS) is 10.2. The van der Waals surface area contributed by atoms with Crippen LogP contribution < -0.4 is 10.6 Å². The molecule has 2 N–H and O–H groups in total. The lowest BCUT2D eigenvalue weighted by Gasteiger charge is -2.12. The van der Waals surface area contributed by atoms with E-state index in [1.165, 1.54) is 6.07 Å². The molecule has 104 valence electrons. The van der Waals surface area contributed by atoms with E-state index in [4.69, 9.17) is 35.4 Å². The van der Waals surface area contributed by atoms with Gasteiger partial charge in [0.2, 0.25) is 0 Å². The Hall–Kier alpha value is -0.880. The van der Waals surface area contributed by atoms with Gasteiger partial charge in [0.1, 0.15) is 5.82 Å². The fourth-order valence-corrected chi connectivity index (χ4v) is 2.35. The molecule has 0 bridgehead atoms. The van der Waals surface area contributed by atoms with Crippen LogP contribution in [0.3, 0.4) is 0 Å². The Morgan fingerprint density at radius 3 is 2.45 bits per heavy atom. The zero-order valence-corrected chi connectivity index (χ0v) is 13.8. The molecule has 0 unspecified atom stereocenters. The summed E-state index contributed by atoms with van der Waals surface area (Å²) < 4.78 is 14.3. The van der Waals surface area contributed by atoms with Crippen LogP contribution in [0.15, 0.2) is 40.9 Å². The van der Waals surface area contributed by atoms with E-state index in [1.54, 1.807) is 30.3 Å². The maximum Gasteiger partial charge on any atom is 0.175 e. The molecule has 0 saturated heterocycles. The molecule has 2 aromatic rings. The number of hydrogen-bond acceptors (Lipinski definition) is 1. The van der Waals surface area contributed by atoms with Gasteiger partial charge in [0.05, 0.1) is 16.4 Å². The first-order valence-corrected chi connectivity index (χ1v) is 7.39. The van der Waals surface area contributed by atoms with Crippen LogP contribution in [-0.2, 0) is 0 Å². The van der Waals surface area contributed by atoms with Crippen molar-refractivity contribution in [2.45, 2.75) is 0 Å². The van der Waals surface area contributed by atoms with Gasteiger partial charge in [-0.05, 0) is 48.6 Å². The molecular weight excluding hydrogens is 386 g/mol. The Bertz CT molecular complexity index is 667. The predicted octanol–water partition coefficient (Wildman–Crippen LogP) is 5.70. The molecule has 20 heavy (non-hydrogen) atoms. The van der Waals surface area contributed by atoms with Gasteiger partial charge in [-0.25, -0.2) is 4.39 Å². The van der Waals surface area contributed by atoms with Crippen LogP contribution in [0.1, 0.15) is 0 Å². The number of hydrogen-bond donors (Lipinski definition) is 2. The van der Waals surface area contributed by atoms with Crippen LogP contribution >= 0.6 is 51.3 Å². The van der Waals surface area contributed by atoms with E-state index in [-0.39, 0.29) is 10.8 Å². The van der Waals surface area contributed by atoms with Crippen LogP contribution in [0.5, 0.6) is 0 Å². The summed E-state index contributed by atoms with van der Waals surface area (Å²) in [6.45, 7) is 0. The number of thiocarbonyl (C=S) groups is 1. The fraction of sp³-hybridized carbons (Fsp3) is 0. The third-order valence-corrected chi connectivity index (χ3v) is 3.62. The van der Waals surface area contributed by atoms with Crippen molar-refractivity contribution in [3.05, 3.63) is 56.7 Å². The van der Waals surface area contributed by atoms with E-state index in [0.717, 1.165) is 0 Å². The van der Waals surface area contributed by atoms with Crippen LogP contribution in [0.4, 0.5) is 15.8 Å². The van der Waals surface area contributed by atoms with Gasteiger partial charge in [-0.3, -0.25) is 0 Å². The van der Waals surface area contributed by atoms with Crippen LogP contribution in [0, 0.1) is 5.82 Å². The number of benzene rings is 2. The lowest BCUT2D eigenvalue weighted by molar-refractivity contribution is 0.631. The molecule has 2 aromatic carbocycles. The SMILES string of the molecule is Fc1cc(Br)ccc1NC(=S)Nc1cc(Cl)ccc1Cl. The maximum absolute atomic E-state index is 13.7. The van der Waals surface area contributed by atoms with E-state index in [0.29, 0.717) is 20.2 Å². The van der Waals surface area contributed by atoms with Crippen molar-refractivity contribution in [1.29, 1.82) is 0 Å². The second kappa shape index (κ2) is 6.72. The van der Waals surface area contributed by atoms with Crippen molar-refractivity contribution < 1.29 is 4.39 Å². The largest absolute Gasteiger partial charge is 0.331 e. The summed E-state index contributed by atoms with van der Waals surface area (Å²) in [5.41, 5.74) is 0.818. The molecule has 0 aliphatic rings. The molecule has 0 atom stereocenters. The average molecular weight is 394 g/mol. The first-order valence-electron chi connectivity index (χ1n) is 5.44. The van der Waals surface area contributed by atoms with Gasteiger partial charge in [0.15, 0.2) is 5.11 Å². The molecular formula is C13H8BrCl2FN2S. The molecule has 0 fully saturated rings. The smallest absolute Gasteiger partial charge is 0.175 e. The van der Waals surface area contributed by atoms with E-state index in [9.17, 15) is 4.39 Å². The Labute approximate surface area is 139 Å². The molecule has 0 radical (unpaired) electrons. The predicted molar refractivity (Wildman–Crippen MR) is 90.4 cm³/mol. The van der Waals surface area contributed by atoms with Gasteiger partial charge in [-0.1, -0.05) is 39.1 Å². The first kappa shape index (κ1) is 15.5. The molecule has 2 rings (SSSR count). The molecule has 0 aliphatic carbocycles. The molecule has 0 amide bonds. The topological polar surface area (TPSA) is 24.1 Å². The van der Waals surface area contributed by atoms with Crippen molar-refractivity contribution in [1.82, 2.24) is 0 Å². The summed E-state index contributed by atoms with van der Waals surface area (Å²) in [6, 6.07) is 9.58. The van der Waals surface area contributed by atoms with E-state index < -0.39 is 5.82 Å². The zero-order chi connectivity index (χ0) is 14.7. The highest BCUT2D eigenvalue weighted by Crippen LogP contribution is 2.26. The van der Waals surface area contributed by atoms with Crippen molar-refractivity contribution in [2.24, 2.45) is 0 Å². The van der Waals surface area contributed by atoms with Crippen molar-refractivity contribution in [3.63, 3.8) is 0 Å². The average Bonchev–Trinajstić information content (AvgIpc) is 2.37.